The number of methoxy groups -OCH3 is 2. The molecule has 0 radical (unpaired) electrons. The zero-order valence-corrected chi connectivity index (χ0v) is 16.0. The summed E-state index contributed by atoms with van der Waals surface area (Å²) in [5, 5.41) is 10.2. The van der Waals surface area contributed by atoms with Gasteiger partial charge in [-0.25, -0.2) is 4.68 Å². The van der Waals surface area contributed by atoms with Crippen LogP contribution in [0.3, 0.4) is 0 Å². The number of fused-ring (bicyclic) bond motifs is 1. The highest BCUT2D eigenvalue weighted by molar-refractivity contribution is 6.01. The molecule has 148 valence electrons. The molecule has 1 aliphatic rings. The van der Waals surface area contributed by atoms with Gasteiger partial charge < -0.3 is 20.1 Å². The number of nitrogens with zero attached hydrogens (tertiary/aromatic N) is 2. The van der Waals surface area contributed by atoms with E-state index in [0.29, 0.717) is 28.7 Å². The van der Waals surface area contributed by atoms with E-state index in [1.54, 1.807) is 49.2 Å². The van der Waals surface area contributed by atoms with Crippen LogP contribution >= 0.6 is 0 Å². The standard InChI is InChI=1S/C21H20N4O4/c1-28-15-8-6-14(7-9-15)22-21(27)18-12-20(26)23-19-11-17(24-25(18)19)13-4-3-5-16(10-13)29-2/h3-11,18H,12H2,1-2H3,(H,22,27)(H,23,26). The van der Waals surface area contributed by atoms with E-state index in [2.05, 4.69) is 15.7 Å². The van der Waals surface area contributed by atoms with Crippen molar-refractivity contribution >= 4 is 23.3 Å². The molecular weight excluding hydrogens is 372 g/mol. The Balaban J connectivity index is 1.61. The molecule has 8 nitrogen and oxygen atoms in total. The van der Waals surface area contributed by atoms with Crippen molar-refractivity contribution in [2.45, 2.75) is 12.5 Å². The zero-order chi connectivity index (χ0) is 20.4. The minimum atomic E-state index is -0.750. The Morgan fingerprint density at radius 2 is 1.86 bits per heavy atom. The molecule has 0 spiro atoms. The topological polar surface area (TPSA) is 94.5 Å². The average Bonchev–Trinajstić information content (AvgIpc) is 3.17. The number of carbonyl (C=O) groups is 2. The third-order valence-electron chi connectivity index (χ3n) is 4.70. The van der Waals surface area contributed by atoms with E-state index < -0.39 is 6.04 Å². The number of benzene rings is 2. The van der Waals surface area contributed by atoms with Crippen molar-refractivity contribution in [1.29, 1.82) is 0 Å². The molecular formula is C21H20N4O4. The second kappa shape index (κ2) is 7.67. The first-order valence-corrected chi connectivity index (χ1v) is 9.06. The van der Waals surface area contributed by atoms with Crippen LogP contribution in [-0.2, 0) is 9.59 Å². The van der Waals surface area contributed by atoms with Crippen LogP contribution in [0.15, 0.2) is 54.6 Å². The lowest BCUT2D eigenvalue weighted by molar-refractivity contribution is -0.125. The van der Waals surface area contributed by atoms with E-state index in [4.69, 9.17) is 9.47 Å². The highest BCUT2D eigenvalue weighted by Crippen LogP contribution is 2.31. The molecule has 1 atom stereocenters. The third kappa shape index (κ3) is 3.77. The SMILES string of the molecule is COc1ccc(NC(=O)C2CC(=O)Nc3cc(-c4cccc(OC)c4)nn32)cc1. The van der Waals surface area contributed by atoms with Crippen LogP contribution in [-0.4, -0.2) is 35.8 Å². The molecule has 0 bridgehead atoms. The minimum Gasteiger partial charge on any atom is -0.497 e. The Morgan fingerprint density at radius 1 is 1.10 bits per heavy atom. The van der Waals surface area contributed by atoms with Gasteiger partial charge in [-0.15, -0.1) is 0 Å². The number of anilines is 2. The maximum atomic E-state index is 12.9. The molecule has 2 heterocycles. The predicted octanol–water partition coefficient (Wildman–Crippen LogP) is 3.09. The van der Waals surface area contributed by atoms with Gasteiger partial charge in [-0.05, 0) is 36.4 Å². The third-order valence-corrected chi connectivity index (χ3v) is 4.70. The van der Waals surface area contributed by atoms with Gasteiger partial charge in [0.1, 0.15) is 23.4 Å². The summed E-state index contributed by atoms with van der Waals surface area (Å²) < 4.78 is 11.9. The van der Waals surface area contributed by atoms with Gasteiger partial charge in [-0.3, -0.25) is 9.59 Å². The predicted molar refractivity (Wildman–Crippen MR) is 108 cm³/mol. The number of amides is 2. The number of carbonyl (C=O) groups excluding carboxylic acids is 2. The average molecular weight is 392 g/mol. The Labute approximate surface area is 167 Å². The first kappa shape index (κ1) is 18.5. The van der Waals surface area contributed by atoms with Gasteiger partial charge in [-0.1, -0.05) is 12.1 Å². The number of hydrogen-bond acceptors (Lipinski definition) is 5. The molecule has 2 amide bonds. The van der Waals surface area contributed by atoms with Crippen molar-refractivity contribution in [3.8, 4) is 22.8 Å². The van der Waals surface area contributed by atoms with E-state index in [1.807, 2.05) is 24.3 Å². The highest BCUT2D eigenvalue weighted by Gasteiger charge is 2.32. The second-order valence-corrected chi connectivity index (χ2v) is 6.58. The van der Waals surface area contributed by atoms with Crippen LogP contribution in [0.4, 0.5) is 11.5 Å². The van der Waals surface area contributed by atoms with Crippen molar-refractivity contribution < 1.29 is 19.1 Å². The largest absolute Gasteiger partial charge is 0.497 e. The highest BCUT2D eigenvalue weighted by atomic mass is 16.5. The van der Waals surface area contributed by atoms with Gasteiger partial charge in [0.25, 0.3) is 0 Å². The van der Waals surface area contributed by atoms with Crippen LogP contribution in [0.2, 0.25) is 0 Å². The molecule has 2 N–H and O–H groups in total. The molecule has 1 aliphatic heterocycles. The second-order valence-electron chi connectivity index (χ2n) is 6.58. The Morgan fingerprint density at radius 3 is 2.59 bits per heavy atom. The lowest BCUT2D eigenvalue weighted by atomic mass is 10.1. The quantitative estimate of drug-likeness (QED) is 0.696. The van der Waals surface area contributed by atoms with Gasteiger partial charge >= 0.3 is 0 Å². The number of rotatable bonds is 5. The molecule has 3 aromatic rings. The normalized spacial score (nSPS) is 15.2. The lowest BCUT2D eigenvalue weighted by Crippen LogP contribution is -2.35. The van der Waals surface area contributed by atoms with Crippen LogP contribution < -0.4 is 20.1 Å². The maximum absolute atomic E-state index is 12.9. The van der Waals surface area contributed by atoms with E-state index in [1.165, 1.54) is 0 Å². The molecule has 0 aliphatic carbocycles. The zero-order valence-electron chi connectivity index (χ0n) is 16.0. The van der Waals surface area contributed by atoms with Crippen molar-refractivity contribution in [2.24, 2.45) is 0 Å². The van der Waals surface area contributed by atoms with Crippen molar-refractivity contribution in [2.75, 3.05) is 24.9 Å². The van der Waals surface area contributed by atoms with Gasteiger partial charge in [-0.2, -0.15) is 5.10 Å². The molecule has 0 fully saturated rings. The van der Waals surface area contributed by atoms with Gasteiger partial charge in [0.05, 0.1) is 26.3 Å². The summed E-state index contributed by atoms with van der Waals surface area (Å²) in [6.45, 7) is 0. The first-order chi connectivity index (χ1) is 14.1. The number of aromatic nitrogens is 2. The van der Waals surface area contributed by atoms with Crippen LogP contribution in [0, 0.1) is 0 Å². The van der Waals surface area contributed by atoms with Gasteiger partial charge in [0.2, 0.25) is 11.8 Å². The molecule has 4 rings (SSSR count). The summed E-state index contributed by atoms with van der Waals surface area (Å²) in [6.07, 6.45) is 0.00815. The molecule has 0 saturated carbocycles. The fourth-order valence-electron chi connectivity index (χ4n) is 3.21. The first-order valence-electron chi connectivity index (χ1n) is 9.06. The molecule has 2 aromatic carbocycles. The van der Waals surface area contributed by atoms with Crippen LogP contribution in [0.1, 0.15) is 12.5 Å². The van der Waals surface area contributed by atoms with E-state index in [0.717, 1.165) is 5.56 Å². The Bertz CT molecular complexity index is 1060. The summed E-state index contributed by atoms with van der Waals surface area (Å²) in [5.41, 5.74) is 2.08. The van der Waals surface area contributed by atoms with Crippen LogP contribution in [0.25, 0.3) is 11.3 Å². The summed E-state index contributed by atoms with van der Waals surface area (Å²) >= 11 is 0. The molecule has 8 heteroatoms. The van der Waals surface area contributed by atoms with E-state index in [-0.39, 0.29) is 18.2 Å². The lowest BCUT2D eigenvalue weighted by Gasteiger charge is -2.23. The summed E-state index contributed by atoms with van der Waals surface area (Å²) in [5.74, 6) is 1.33. The summed E-state index contributed by atoms with van der Waals surface area (Å²) in [7, 11) is 3.17. The molecule has 1 unspecified atom stereocenters. The van der Waals surface area contributed by atoms with Crippen molar-refractivity contribution in [1.82, 2.24) is 9.78 Å². The monoisotopic (exact) mass is 392 g/mol. The summed E-state index contributed by atoms with van der Waals surface area (Å²) in [4.78, 5) is 25.0. The van der Waals surface area contributed by atoms with Gasteiger partial charge in [0.15, 0.2) is 0 Å². The fraction of sp³-hybridized carbons (Fsp3) is 0.190. The fourth-order valence-corrected chi connectivity index (χ4v) is 3.21. The minimum absolute atomic E-state index is 0.00815. The number of hydrogen-bond donors (Lipinski definition) is 2. The Hall–Kier alpha value is -3.81. The van der Waals surface area contributed by atoms with Crippen molar-refractivity contribution in [3.05, 3.63) is 54.6 Å². The number of ether oxygens (including phenoxy) is 2. The van der Waals surface area contributed by atoms with Crippen LogP contribution in [0.5, 0.6) is 11.5 Å². The number of nitrogens with one attached hydrogen (secondary N) is 2. The van der Waals surface area contributed by atoms with Crippen molar-refractivity contribution in [3.63, 3.8) is 0 Å². The van der Waals surface area contributed by atoms with E-state index >= 15 is 0 Å². The summed E-state index contributed by atoms with van der Waals surface area (Å²) in [6, 6.07) is 15.4. The maximum Gasteiger partial charge on any atom is 0.249 e. The van der Waals surface area contributed by atoms with Gasteiger partial charge in [0, 0.05) is 17.3 Å². The molecule has 1 aromatic heterocycles. The Kier molecular flexibility index (Phi) is 4.90. The van der Waals surface area contributed by atoms with E-state index in [9.17, 15) is 9.59 Å². The molecule has 29 heavy (non-hydrogen) atoms. The molecule has 0 saturated heterocycles. The smallest absolute Gasteiger partial charge is 0.249 e.